The normalized spacial score (nSPS) is 20.6. The number of likely N-dealkylation sites (tertiary alicyclic amines) is 1. The molecule has 1 unspecified atom stereocenters. The lowest BCUT2D eigenvalue weighted by molar-refractivity contribution is 0.145. The van der Waals surface area contributed by atoms with E-state index in [1.807, 2.05) is 0 Å². The Kier molecular flexibility index (Phi) is 7.53. The van der Waals surface area contributed by atoms with E-state index in [1.54, 1.807) is 0 Å². The van der Waals surface area contributed by atoms with Gasteiger partial charge in [0.25, 0.3) is 0 Å². The van der Waals surface area contributed by atoms with Crippen LogP contribution in [0.25, 0.3) is 0 Å². The molecule has 0 amide bonds. The number of hydrogen-bond donors (Lipinski definition) is 1. The molecule has 0 aromatic carbocycles. The molecule has 1 fully saturated rings. The summed E-state index contributed by atoms with van der Waals surface area (Å²) in [5.41, 5.74) is 6.18. The third-order valence-electron chi connectivity index (χ3n) is 5.34. The fourth-order valence-corrected chi connectivity index (χ4v) is 3.62. The van der Waals surface area contributed by atoms with Gasteiger partial charge in [0.05, 0.1) is 0 Å². The zero-order chi connectivity index (χ0) is 15.2. The maximum absolute atomic E-state index is 5.77. The van der Waals surface area contributed by atoms with Crippen molar-refractivity contribution in [1.29, 1.82) is 0 Å². The predicted octanol–water partition coefficient (Wildman–Crippen LogP) is 4.15. The number of rotatable bonds is 7. The first-order chi connectivity index (χ1) is 9.34. The Balaban J connectivity index is 2.24. The van der Waals surface area contributed by atoms with E-state index in [1.165, 1.54) is 51.7 Å². The Bertz CT molecular complexity index is 247. The van der Waals surface area contributed by atoms with Gasteiger partial charge in [-0.1, -0.05) is 34.6 Å². The molecule has 1 rings (SSSR count). The maximum atomic E-state index is 5.77. The maximum Gasteiger partial charge on any atom is -0.00160 e. The summed E-state index contributed by atoms with van der Waals surface area (Å²) in [7, 11) is 0. The smallest absolute Gasteiger partial charge is 0.00160 e. The Morgan fingerprint density at radius 3 is 2.15 bits per heavy atom. The van der Waals surface area contributed by atoms with Crippen molar-refractivity contribution in [2.24, 2.45) is 28.9 Å². The van der Waals surface area contributed by atoms with Crippen LogP contribution in [0, 0.1) is 23.2 Å². The van der Waals surface area contributed by atoms with Crippen LogP contribution in [0.2, 0.25) is 0 Å². The first-order valence-electron chi connectivity index (χ1n) is 8.77. The first kappa shape index (κ1) is 18.0. The van der Waals surface area contributed by atoms with Gasteiger partial charge in [-0.15, -0.1) is 0 Å². The van der Waals surface area contributed by atoms with Crippen molar-refractivity contribution < 1.29 is 0 Å². The van der Waals surface area contributed by atoms with Gasteiger partial charge in [-0.2, -0.15) is 0 Å². The molecule has 1 aliphatic rings. The van der Waals surface area contributed by atoms with Crippen LogP contribution in [-0.4, -0.2) is 31.1 Å². The molecular weight excluding hydrogens is 244 g/mol. The Hall–Kier alpha value is -0.0800. The highest BCUT2D eigenvalue weighted by atomic mass is 15.1. The van der Waals surface area contributed by atoms with Gasteiger partial charge in [0, 0.05) is 0 Å². The summed E-state index contributed by atoms with van der Waals surface area (Å²) in [6, 6.07) is 0. The van der Waals surface area contributed by atoms with Crippen LogP contribution in [-0.2, 0) is 0 Å². The van der Waals surface area contributed by atoms with E-state index in [-0.39, 0.29) is 0 Å². The summed E-state index contributed by atoms with van der Waals surface area (Å²) in [6.45, 7) is 16.6. The van der Waals surface area contributed by atoms with E-state index < -0.39 is 0 Å². The van der Waals surface area contributed by atoms with E-state index in [2.05, 4.69) is 39.5 Å². The average molecular weight is 283 g/mol. The van der Waals surface area contributed by atoms with Crippen LogP contribution in [0.3, 0.4) is 0 Å². The molecule has 0 spiro atoms. The van der Waals surface area contributed by atoms with Gasteiger partial charge in [-0.25, -0.2) is 0 Å². The third kappa shape index (κ3) is 6.13. The predicted molar refractivity (Wildman–Crippen MR) is 89.9 cm³/mol. The summed E-state index contributed by atoms with van der Waals surface area (Å²) >= 11 is 0. The van der Waals surface area contributed by atoms with Gasteiger partial charge in [0.2, 0.25) is 0 Å². The van der Waals surface area contributed by atoms with Crippen LogP contribution in [0.4, 0.5) is 0 Å². The molecule has 1 aliphatic heterocycles. The second-order valence-corrected chi connectivity index (χ2v) is 8.21. The van der Waals surface area contributed by atoms with Crippen LogP contribution in [0.1, 0.15) is 66.7 Å². The summed E-state index contributed by atoms with van der Waals surface area (Å²) < 4.78 is 0. The van der Waals surface area contributed by atoms with Gasteiger partial charge >= 0.3 is 0 Å². The van der Waals surface area contributed by atoms with Crippen molar-refractivity contribution in [1.82, 2.24) is 4.90 Å². The molecule has 120 valence electrons. The molecule has 1 heterocycles. The molecule has 2 heteroatoms. The van der Waals surface area contributed by atoms with Crippen molar-refractivity contribution in [2.45, 2.75) is 66.7 Å². The van der Waals surface area contributed by atoms with E-state index in [4.69, 9.17) is 5.73 Å². The highest BCUT2D eigenvalue weighted by molar-refractivity contribution is 4.77. The average Bonchev–Trinajstić information content (AvgIpc) is 2.37. The van der Waals surface area contributed by atoms with E-state index in [9.17, 15) is 0 Å². The van der Waals surface area contributed by atoms with Crippen LogP contribution < -0.4 is 5.73 Å². The SMILES string of the molecule is CC(C)C1CCN(CCCC(CCN)C(C)(C)C)CC1. The minimum atomic E-state index is 0.407. The molecule has 0 aliphatic carbocycles. The quantitative estimate of drug-likeness (QED) is 0.760. The van der Waals surface area contributed by atoms with Crippen molar-refractivity contribution >= 4 is 0 Å². The monoisotopic (exact) mass is 282 g/mol. The second-order valence-electron chi connectivity index (χ2n) is 8.21. The third-order valence-corrected chi connectivity index (χ3v) is 5.34. The molecule has 2 nitrogen and oxygen atoms in total. The first-order valence-corrected chi connectivity index (χ1v) is 8.77. The lowest BCUT2D eigenvalue weighted by atomic mass is 9.76. The van der Waals surface area contributed by atoms with Crippen LogP contribution in [0.5, 0.6) is 0 Å². The molecule has 0 saturated carbocycles. The van der Waals surface area contributed by atoms with Crippen LogP contribution in [0.15, 0.2) is 0 Å². The summed E-state index contributed by atoms with van der Waals surface area (Å²) in [5, 5.41) is 0. The molecule has 0 aromatic heterocycles. The highest BCUT2D eigenvalue weighted by Gasteiger charge is 2.24. The van der Waals surface area contributed by atoms with Crippen molar-refractivity contribution in [3.63, 3.8) is 0 Å². The van der Waals surface area contributed by atoms with E-state index in [0.717, 1.165) is 24.3 Å². The lowest BCUT2D eigenvalue weighted by Gasteiger charge is -2.35. The fourth-order valence-electron chi connectivity index (χ4n) is 3.62. The molecule has 20 heavy (non-hydrogen) atoms. The van der Waals surface area contributed by atoms with E-state index in [0.29, 0.717) is 5.41 Å². The number of nitrogens with zero attached hydrogens (tertiary/aromatic N) is 1. The Morgan fingerprint density at radius 2 is 1.70 bits per heavy atom. The van der Waals surface area contributed by atoms with Crippen LogP contribution >= 0.6 is 0 Å². The van der Waals surface area contributed by atoms with Gasteiger partial charge in [0.15, 0.2) is 0 Å². The van der Waals surface area contributed by atoms with Crippen molar-refractivity contribution in [3.8, 4) is 0 Å². The molecule has 0 aromatic rings. The molecule has 1 atom stereocenters. The number of nitrogens with two attached hydrogens (primary N) is 1. The standard InChI is InChI=1S/C18H38N2/c1-15(2)16-9-13-20(14-10-16)12-6-7-17(8-11-19)18(3,4)5/h15-17H,6-14,19H2,1-5H3. The Labute approximate surface area is 127 Å². The van der Waals surface area contributed by atoms with Crippen molar-refractivity contribution in [2.75, 3.05) is 26.2 Å². The van der Waals surface area contributed by atoms with Crippen molar-refractivity contribution in [3.05, 3.63) is 0 Å². The molecule has 2 N–H and O–H groups in total. The minimum absolute atomic E-state index is 0.407. The zero-order valence-corrected chi connectivity index (χ0v) is 14.6. The largest absolute Gasteiger partial charge is 0.330 e. The summed E-state index contributed by atoms with van der Waals surface area (Å²) in [4.78, 5) is 2.68. The lowest BCUT2D eigenvalue weighted by Crippen LogP contribution is -2.36. The van der Waals surface area contributed by atoms with Gasteiger partial charge in [-0.3, -0.25) is 0 Å². The summed E-state index contributed by atoms with van der Waals surface area (Å²) in [6.07, 6.45) is 6.67. The molecule has 0 radical (unpaired) electrons. The molecule has 1 saturated heterocycles. The second kappa shape index (κ2) is 8.38. The number of piperidine rings is 1. The van der Waals surface area contributed by atoms with E-state index >= 15 is 0 Å². The zero-order valence-electron chi connectivity index (χ0n) is 14.6. The van der Waals surface area contributed by atoms with Gasteiger partial charge < -0.3 is 10.6 Å². The van der Waals surface area contributed by atoms with Gasteiger partial charge in [0.1, 0.15) is 0 Å². The topological polar surface area (TPSA) is 29.3 Å². The minimum Gasteiger partial charge on any atom is -0.330 e. The number of hydrogen-bond acceptors (Lipinski definition) is 2. The Morgan fingerprint density at radius 1 is 1.10 bits per heavy atom. The van der Waals surface area contributed by atoms with Gasteiger partial charge in [-0.05, 0) is 81.5 Å². The highest BCUT2D eigenvalue weighted by Crippen LogP contribution is 2.32. The molecular formula is C18H38N2. The summed E-state index contributed by atoms with van der Waals surface area (Å²) in [5.74, 6) is 2.61. The fraction of sp³-hybridized carbons (Fsp3) is 1.00. The molecule has 0 bridgehead atoms.